The van der Waals surface area contributed by atoms with E-state index in [-0.39, 0.29) is 25.9 Å². The smallest absolute Gasteiger partial charge is 0.351 e. The molecule has 2 amide bonds. The lowest BCUT2D eigenvalue weighted by Gasteiger charge is -2.15. The number of carbonyl (C=O) groups is 2. The fourth-order valence-corrected chi connectivity index (χ4v) is 1.62. The van der Waals surface area contributed by atoms with Gasteiger partial charge in [0.25, 0.3) is 11.8 Å². The van der Waals surface area contributed by atoms with Crippen LogP contribution in [0, 0.1) is 0 Å². The van der Waals surface area contributed by atoms with Crippen molar-refractivity contribution in [2.45, 2.75) is 56.8 Å². The third kappa shape index (κ3) is 7.86. The lowest BCUT2D eigenvalue weighted by molar-refractivity contribution is -0.169. The van der Waals surface area contributed by atoms with Crippen LogP contribution < -0.4 is 10.6 Å². The highest BCUT2D eigenvalue weighted by Gasteiger charge is 2.49. The molecule has 0 unspecified atom stereocenters. The van der Waals surface area contributed by atoms with E-state index in [9.17, 15) is 44.7 Å². The predicted molar refractivity (Wildman–Crippen MR) is 71.0 cm³/mol. The van der Waals surface area contributed by atoms with Crippen LogP contribution in [-0.2, 0) is 9.59 Å². The number of halogens is 8. The van der Waals surface area contributed by atoms with Crippen molar-refractivity contribution in [3.8, 4) is 0 Å². The van der Waals surface area contributed by atoms with E-state index < -0.39 is 36.5 Å². The molecule has 2 N–H and O–H groups in total. The Labute approximate surface area is 138 Å². The highest BCUT2D eigenvalue weighted by molar-refractivity contribution is 5.84. The van der Waals surface area contributed by atoms with E-state index >= 15 is 0 Å². The van der Waals surface area contributed by atoms with Crippen LogP contribution in [0.4, 0.5) is 35.1 Å². The largest absolute Gasteiger partial charge is 0.383 e. The summed E-state index contributed by atoms with van der Waals surface area (Å²) in [5, 5.41) is 3.34. The number of hydrogen-bond acceptors (Lipinski definition) is 2. The molecule has 0 aromatic carbocycles. The molecule has 0 aliphatic heterocycles. The topological polar surface area (TPSA) is 58.2 Å². The van der Waals surface area contributed by atoms with Gasteiger partial charge >= 0.3 is 24.7 Å². The quantitative estimate of drug-likeness (QED) is 0.400. The highest BCUT2D eigenvalue weighted by Crippen LogP contribution is 2.23. The number of rotatable bonds is 12. The summed E-state index contributed by atoms with van der Waals surface area (Å²) in [4.78, 5) is 21.6. The summed E-state index contributed by atoms with van der Waals surface area (Å²) in [7, 11) is 0. The molecule has 0 atom stereocenters. The van der Waals surface area contributed by atoms with Crippen molar-refractivity contribution < 1.29 is 44.7 Å². The maximum Gasteiger partial charge on any atom is 0.383 e. The zero-order valence-corrected chi connectivity index (χ0v) is 12.9. The van der Waals surface area contributed by atoms with E-state index in [1.807, 2.05) is 0 Å². The van der Waals surface area contributed by atoms with E-state index in [1.54, 1.807) is 10.6 Å². The van der Waals surface area contributed by atoms with E-state index in [0.717, 1.165) is 0 Å². The summed E-state index contributed by atoms with van der Waals surface area (Å²) in [6.07, 6.45) is -6.44. The Kier molecular flexibility index (Phi) is 9.72. The summed E-state index contributed by atoms with van der Waals surface area (Å²) in [5.74, 6) is -13.6. The molecular formula is C13H18F8N2O2. The molecule has 0 fully saturated rings. The normalized spacial score (nSPS) is 12.6. The lowest BCUT2D eigenvalue weighted by Crippen LogP contribution is -2.45. The molecule has 0 aromatic heterocycles. The van der Waals surface area contributed by atoms with E-state index in [2.05, 4.69) is 0 Å². The zero-order valence-electron chi connectivity index (χ0n) is 12.9. The van der Waals surface area contributed by atoms with Gasteiger partial charge in [0.2, 0.25) is 0 Å². The first kappa shape index (κ1) is 23.4. The van der Waals surface area contributed by atoms with Gasteiger partial charge in [-0.3, -0.25) is 9.59 Å². The monoisotopic (exact) mass is 386 g/mol. The van der Waals surface area contributed by atoms with Crippen molar-refractivity contribution in [1.29, 1.82) is 0 Å². The summed E-state index contributed by atoms with van der Waals surface area (Å²) >= 11 is 0. The van der Waals surface area contributed by atoms with Crippen LogP contribution >= 0.6 is 0 Å². The molecule has 0 saturated heterocycles. The van der Waals surface area contributed by atoms with Crippen LogP contribution in [0.1, 0.15) is 32.1 Å². The Morgan fingerprint density at radius 3 is 1.20 bits per heavy atom. The second kappa shape index (κ2) is 10.4. The van der Waals surface area contributed by atoms with Gasteiger partial charge in [-0.2, -0.15) is 17.6 Å². The summed E-state index contributed by atoms with van der Waals surface area (Å²) < 4.78 is 97.7. The van der Waals surface area contributed by atoms with Gasteiger partial charge < -0.3 is 10.6 Å². The molecule has 0 aliphatic rings. The molecule has 12 heteroatoms. The molecule has 0 radical (unpaired) electrons. The van der Waals surface area contributed by atoms with Gasteiger partial charge in [0.15, 0.2) is 0 Å². The fraction of sp³-hybridized carbons (Fsp3) is 0.846. The van der Waals surface area contributed by atoms with Crippen LogP contribution in [0.5, 0.6) is 0 Å². The predicted octanol–water partition coefficient (Wildman–Crippen LogP) is 2.97. The molecule has 0 aliphatic carbocycles. The van der Waals surface area contributed by atoms with Gasteiger partial charge in [-0.05, 0) is 12.8 Å². The summed E-state index contributed by atoms with van der Waals surface area (Å²) in [6, 6.07) is 0. The van der Waals surface area contributed by atoms with Gasteiger partial charge in [-0.1, -0.05) is 19.3 Å². The van der Waals surface area contributed by atoms with Gasteiger partial charge in [-0.25, -0.2) is 17.6 Å². The zero-order chi connectivity index (χ0) is 19.7. The maximum atomic E-state index is 12.6. The van der Waals surface area contributed by atoms with Crippen molar-refractivity contribution in [2.75, 3.05) is 13.1 Å². The number of amides is 2. The molecule has 4 nitrogen and oxygen atoms in total. The van der Waals surface area contributed by atoms with Crippen molar-refractivity contribution in [3.63, 3.8) is 0 Å². The third-order valence-corrected chi connectivity index (χ3v) is 3.08. The molecule has 0 spiro atoms. The van der Waals surface area contributed by atoms with Crippen molar-refractivity contribution >= 4 is 11.8 Å². The van der Waals surface area contributed by atoms with Gasteiger partial charge in [-0.15, -0.1) is 0 Å². The Bertz CT molecular complexity index is 394. The average molecular weight is 386 g/mol. The second-order valence-electron chi connectivity index (χ2n) is 5.13. The molecule has 25 heavy (non-hydrogen) atoms. The van der Waals surface area contributed by atoms with Crippen LogP contribution in [0.3, 0.4) is 0 Å². The van der Waals surface area contributed by atoms with Crippen LogP contribution in [0.25, 0.3) is 0 Å². The van der Waals surface area contributed by atoms with Crippen LogP contribution in [0.15, 0.2) is 0 Å². The second-order valence-corrected chi connectivity index (χ2v) is 5.13. The minimum absolute atomic E-state index is 0.223. The van der Waals surface area contributed by atoms with Crippen molar-refractivity contribution in [3.05, 3.63) is 0 Å². The Balaban J connectivity index is 3.70. The van der Waals surface area contributed by atoms with E-state index in [0.29, 0.717) is 19.3 Å². The van der Waals surface area contributed by atoms with Crippen molar-refractivity contribution in [2.24, 2.45) is 0 Å². The van der Waals surface area contributed by atoms with Crippen molar-refractivity contribution in [1.82, 2.24) is 10.6 Å². The van der Waals surface area contributed by atoms with E-state index in [4.69, 9.17) is 0 Å². The molecule has 0 heterocycles. The number of nitrogens with one attached hydrogen (secondary N) is 2. The highest BCUT2D eigenvalue weighted by atomic mass is 19.3. The number of alkyl halides is 8. The fourth-order valence-electron chi connectivity index (χ4n) is 1.62. The molecule has 0 rings (SSSR count). The Morgan fingerprint density at radius 1 is 0.640 bits per heavy atom. The van der Waals surface area contributed by atoms with E-state index in [1.165, 1.54) is 0 Å². The first-order valence-corrected chi connectivity index (χ1v) is 7.32. The third-order valence-electron chi connectivity index (χ3n) is 3.08. The van der Waals surface area contributed by atoms with Crippen LogP contribution in [0.2, 0.25) is 0 Å². The number of carbonyl (C=O) groups excluding carboxylic acids is 2. The molecule has 148 valence electrons. The number of hydrogen-bond donors (Lipinski definition) is 2. The first-order valence-electron chi connectivity index (χ1n) is 7.32. The summed E-state index contributed by atoms with van der Waals surface area (Å²) in [6.45, 7) is -0.475. The standard InChI is InChI=1S/C13H18F8N2O2/c14-8(15)12(18,19)10(24)22-6-4-2-1-3-5-7-23-11(25)13(20,21)9(16)17/h8-9H,1-7H2,(H,22,24)(H,23,25). The Hall–Kier alpha value is -1.62. The van der Waals surface area contributed by atoms with Gasteiger partial charge in [0.05, 0.1) is 0 Å². The maximum absolute atomic E-state index is 12.6. The number of unbranched alkanes of at least 4 members (excludes halogenated alkanes) is 4. The summed E-state index contributed by atoms with van der Waals surface area (Å²) in [5.41, 5.74) is 0. The molecule has 0 aromatic rings. The molecule has 0 saturated carbocycles. The SMILES string of the molecule is O=C(NCCCCCCCNC(=O)C(F)(F)C(F)F)C(F)(F)C(F)F. The van der Waals surface area contributed by atoms with Gasteiger partial charge in [0.1, 0.15) is 0 Å². The van der Waals surface area contributed by atoms with Gasteiger partial charge in [0, 0.05) is 13.1 Å². The Morgan fingerprint density at radius 2 is 0.920 bits per heavy atom. The minimum atomic E-state index is -4.75. The average Bonchev–Trinajstić information content (AvgIpc) is 2.52. The van der Waals surface area contributed by atoms with Crippen LogP contribution in [-0.4, -0.2) is 49.6 Å². The lowest BCUT2D eigenvalue weighted by atomic mass is 10.1. The molecular weight excluding hydrogens is 368 g/mol. The first-order chi connectivity index (χ1) is 11.4. The minimum Gasteiger partial charge on any atom is -0.351 e. The molecule has 0 bridgehead atoms.